The molecule has 3 N–H and O–H groups in total. The lowest BCUT2D eigenvalue weighted by Crippen LogP contribution is -2.32. The number of rotatable bonds is 7. The van der Waals surface area contributed by atoms with E-state index in [1.807, 2.05) is 72.8 Å². The van der Waals surface area contributed by atoms with E-state index in [0.717, 1.165) is 33.6 Å². The number of ether oxygens (including phenoxy) is 1. The predicted molar refractivity (Wildman–Crippen MR) is 124 cm³/mol. The van der Waals surface area contributed by atoms with Crippen LogP contribution >= 0.6 is 12.4 Å². The molecule has 8 heteroatoms. The van der Waals surface area contributed by atoms with E-state index in [1.165, 1.54) is 0 Å². The number of aromatic nitrogens is 2. The maximum atomic E-state index is 10.9. The van der Waals surface area contributed by atoms with Crippen molar-refractivity contribution < 1.29 is 19.2 Å². The third kappa shape index (κ3) is 4.96. The van der Waals surface area contributed by atoms with E-state index >= 15 is 0 Å². The number of hydrogen-bond donors (Lipinski definition) is 2. The van der Waals surface area contributed by atoms with Crippen molar-refractivity contribution in [2.24, 2.45) is 5.73 Å². The number of hydrogen-bond acceptors (Lipinski definition) is 6. The summed E-state index contributed by atoms with van der Waals surface area (Å²) in [5.74, 6) is 0.547. The first-order valence-electron chi connectivity index (χ1n) is 9.70. The average Bonchev–Trinajstić information content (AvgIpc) is 3.29. The van der Waals surface area contributed by atoms with Gasteiger partial charge in [-0.05, 0) is 41.3 Å². The molecule has 0 fully saturated rings. The van der Waals surface area contributed by atoms with E-state index in [4.69, 9.17) is 20.1 Å². The molecule has 1 heterocycles. The number of carboxylic acids is 1. The van der Waals surface area contributed by atoms with Crippen LogP contribution in [0.25, 0.3) is 34.0 Å². The van der Waals surface area contributed by atoms with Gasteiger partial charge in [-0.25, -0.2) is 0 Å². The summed E-state index contributed by atoms with van der Waals surface area (Å²) in [7, 11) is 1.63. The van der Waals surface area contributed by atoms with Gasteiger partial charge in [0.2, 0.25) is 5.82 Å². The Morgan fingerprint density at radius 1 is 1.03 bits per heavy atom. The molecule has 0 saturated carbocycles. The van der Waals surface area contributed by atoms with Crippen molar-refractivity contribution >= 4 is 18.4 Å². The Labute approximate surface area is 191 Å². The Morgan fingerprint density at radius 2 is 1.75 bits per heavy atom. The molecular formula is C24H22ClN3O4. The Kier molecular flexibility index (Phi) is 7.25. The van der Waals surface area contributed by atoms with Gasteiger partial charge in [-0.15, -0.1) is 12.4 Å². The summed E-state index contributed by atoms with van der Waals surface area (Å²) >= 11 is 0. The molecule has 0 aliphatic heterocycles. The van der Waals surface area contributed by atoms with E-state index in [-0.39, 0.29) is 18.8 Å². The summed E-state index contributed by atoms with van der Waals surface area (Å²) < 4.78 is 11.0. The number of carbonyl (C=O) groups is 1. The first kappa shape index (κ1) is 23.0. The summed E-state index contributed by atoms with van der Waals surface area (Å²) in [6, 6.07) is 22.0. The van der Waals surface area contributed by atoms with Gasteiger partial charge in [-0.2, -0.15) is 4.98 Å². The fraction of sp³-hybridized carbons (Fsp3) is 0.125. The number of nitrogens with two attached hydrogens (primary N) is 1. The van der Waals surface area contributed by atoms with Crippen LogP contribution in [0.3, 0.4) is 0 Å². The standard InChI is InChI=1S/C24H21N3O4.ClH/c1-30-18-11-12-19(20(14-18)16-5-3-2-4-6-16)23-26-22(27-31-23)17-9-7-15(8-10-17)13-21(25)24(28)29;/h2-12,14,21H,13,25H2,1H3,(H,28,29);1H/t21-;/m0./s1. The van der Waals surface area contributed by atoms with Crippen molar-refractivity contribution in [1.29, 1.82) is 0 Å². The maximum Gasteiger partial charge on any atom is 0.320 e. The molecule has 4 rings (SSSR count). The second kappa shape index (κ2) is 10.1. The van der Waals surface area contributed by atoms with E-state index in [2.05, 4.69) is 10.1 Å². The molecule has 0 amide bonds. The first-order valence-corrected chi connectivity index (χ1v) is 9.70. The number of aliphatic carboxylic acids is 1. The molecule has 7 nitrogen and oxygen atoms in total. The molecule has 0 aliphatic rings. The molecule has 4 aromatic rings. The van der Waals surface area contributed by atoms with Crippen LogP contribution in [0.4, 0.5) is 0 Å². The van der Waals surface area contributed by atoms with Crippen molar-refractivity contribution in [3.63, 3.8) is 0 Å². The van der Waals surface area contributed by atoms with E-state index in [9.17, 15) is 4.79 Å². The molecule has 0 aliphatic carbocycles. The van der Waals surface area contributed by atoms with Gasteiger partial charge in [0.05, 0.1) is 7.11 Å². The molecule has 3 aromatic carbocycles. The summed E-state index contributed by atoms with van der Waals surface area (Å²) in [5.41, 5.74) is 9.92. The van der Waals surface area contributed by atoms with Crippen molar-refractivity contribution in [3.05, 3.63) is 78.4 Å². The zero-order valence-corrected chi connectivity index (χ0v) is 18.1. The number of carboxylic acid groups (broad SMARTS) is 1. The van der Waals surface area contributed by atoms with Gasteiger partial charge in [0.15, 0.2) is 0 Å². The highest BCUT2D eigenvalue weighted by Crippen LogP contribution is 2.35. The van der Waals surface area contributed by atoms with Gasteiger partial charge in [0, 0.05) is 11.1 Å². The van der Waals surface area contributed by atoms with Crippen LogP contribution in [-0.4, -0.2) is 34.4 Å². The lowest BCUT2D eigenvalue weighted by Gasteiger charge is -2.09. The molecule has 0 unspecified atom stereocenters. The van der Waals surface area contributed by atoms with Gasteiger partial charge in [-0.3, -0.25) is 4.79 Å². The molecular weight excluding hydrogens is 430 g/mol. The Morgan fingerprint density at radius 3 is 2.41 bits per heavy atom. The van der Waals surface area contributed by atoms with Gasteiger partial charge in [-0.1, -0.05) is 59.8 Å². The fourth-order valence-electron chi connectivity index (χ4n) is 3.27. The first-order chi connectivity index (χ1) is 15.0. The van der Waals surface area contributed by atoms with Crippen molar-refractivity contribution in [3.8, 4) is 39.7 Å². The molecule has 0 radical (unpaired) electrons. The second-order valence-electron chi connectivity index (χ2n) is 7.05. The van der Waals surface area contributed by atoms with Crippen LogP contribution in [0.2, 0.25) is 0 Å². The van der Waals surface area contributed by atoms with Gasteiger partial charge >= 0.3 is 5.97 Å². The monoisotopic (exact) mass is 451 g/mol. The van der Waals surface area contributed by atoms with Crippen molar-refractivity contribution in [2.45, 2.75) is 12.5 Å². The van der Waals surface area contributed by atoms with Crippen LogP contribution in [-0.2, 0) is 11.2 Å². The van der Waals surface area contributed by atoms with E-state index < -0.39 is 12.0 Å². The van der Waals surface area contributed by atoms with E-state index in [1.54, 1.807) is 7.11 Å². The molecule has 0 spiro atoms. The zero-order valence-electron chi connectivity index (χ0n) is 17.3. The summed E-state index contributed by atoms with van der Waals surface area (Å²) in [6.45, 7) is 0. The molecule has 0 bridgehead atoms. The topological polar surface area (TPSA) is 111 Å². The number of nitrogens with zero attached hydrogens (tertiary/aromatic N) is 2. The number of methoxy groups -OCH3 is 1. The Bertz CT molecular complexity index is 1190. The van der Waals surface area contributed by atoms with Gasteiger partial charge < -0.3 is 20.1 Å². The van der Waals surface area contributed by atoms with Crippen LogP contribution in [0.1, 0.15) is 5.56 Å². The number of halogens is 1. The third-order valence-corrected chi connectivity index (χ3v) is 4.95. The SMILES string of the molecule is COc1ccc(-c2nc(-c3ccc(C[C@H](N)C(=O)O)cc3)no2)c(-c2ccccc2)c1.Cl. The Hall–Kier alpha value is -3.68. The summed E-state index contributed by atoms with van der Waals surface area (Å²) in [5, 5.41) is 13.1. The van der Waals surface area contributed by atoms with Crippen LogP contribution in [0.5, 0.6) is 5.75 Å². The minimum absolute atomic E-state index is 0. The molecule has 1 atom stereocenters. The summed E-state index contributed by atoms with van der Waals surface area (Å²) in [6.07, 6.45) is 0.249. The predicted octanol–water partition coefficient (Wildman–Crippen LogP) is 4.46. The van der Waals surface area contributed by atoms with Crippen LogP contribution in [0.15, 0.2) is 77.3 Å². The van der Waals surface area contributed by atoms with Crippen LogP contribution < -0.4 is 10.5 Å². The second-order valence-corrected chi connectivity index (χ2v) is 7.05. The van der Waals surface area contributed by atoms with Gasteiger partial charge in [0.25, 0.3) is 5.89 Å². The van der Waals surface area contributed by atoms with Gasteiger partial charge in [0.1, 0.15) is 11.8 Å². The highest BCUT2D eigenvalue weighted by Gasteiger charge is 2.17. The normalized spacial score (nSPS) is 11.4. The van der Waals surface area contributed by atoms with Crippen molar-refractivity contribution in [1.82, 2.24) is 10.1 Å². The maximum absolute atomic E-state index is 10.9. The average molecular weight is 452 g/mol. The molecule has 32 heavy (non-hydrogen) atoms. The van der Waals surface area contributed by atoms with Crippen molar-refractivity contribution in [2.75, 3.05) is 7.11 Å². The minimum Gasteiger partial charge on any atom is -0.497 e. The highest BCUT2D eigenvalue weighted by molar-refractivity contribution is 5.85. The molecule has 164 valence electrons. The van der Waals surface area contributed by atoms with E-state index in [0.29, 0.717) is 11.7 Å². The minimum atomic E-state index is -1.03. The quantitative estimate of drug-likeness (QED) is 0.426. The van der Waals surface area contributed by atoms with Crippen LogP contribution in [0, 0.1) is 0 Å². The molecule has 0 saturated heterocycles. The lowest BCUT2D eigenvalue weighted by atomic mass is 9.99. The molecule has 1 aromatic heterocycles. The zero-order chi connectivity index (χ0) is 21.8. The smallest absolute Gasteiger partial charge is 0.320 e. The largest absolute Gasteiger partial charge is 0.497 e. The Balaban J connectivity index is 0.00000289. The lowest BCUT2D eigenvalue weighted by molar-refractivity contribution is -0.138. The number of benzene rings is 3. The third-order valence-electron chi connectivity index (χ3n) is 4.95. The highest BCUT2D eigenvalue weighted by atomic mass is 35.5. The fourth-order valence-corrected chi connectivity index (χ4v) is 3.27. The summed E-state index contributed by atoms with van der Waals surface area (Å²) in [4.78, 5) is 15.5.